The Morgan fingerprint density at radius 1 is 0.818 bits per heavy atom. The van der Waals surface area contributed by atoms with E-state index < -0.39 is 0 Å². The quantitative estimate of drug-likeness (QED) is 0.327. The smallest absolute Gasteiger partial charge is 0.162 e. The minimum Gasteiger partial charge on any atom is -0.493 e. The molecule has 0 N–H and O–H groups in total. The second-order valence-corrected chi connectivity index (χ2v) is 7.35. The van der Waals surface area contributed by atoms with E-state index in [0.29, 0.717) is 41.9 Å². The topological polar surface area (TPSA) is 53.1 Å². The monoisotopic (exact) mass is 448 g/mol. The van der Waals surface area contributed by atoms with Crippen molar-refractivity contribution in [1.29, 1.82) is 0 Å². The first-order valence-electron chi connectivity index (χ1n) is 10.5. The predicted molar refractivity (Wildman–Crippen MR) is 127 cm³/mol. The average Bonchev–Trinajstić information content (AvgIpc) is 2.85. The molecule has 0 fully saturated rings. The van der Waals surface area contributed by atoms with Gasteiger partial charge in [0, 0.05) is 30.4 Å². The maximum atomic E-state index is 13.0. The van der Waals surface area contributed by atoms with Crippen molar-refractivity contribution < 1.29 is 23.3 Å². The third-order valence-electron chi connectivity index (χ3n) is 5.22. The molecule has 0 aliphatic rings. The van der Waals surface area contributed by atoms with Gasteiger partial charge in [0.1, 0.15) is 29.7 Å². The van der Waals surface area contributed by atoms with Crippen LogP contribution in [-0.2, 0) is 0 Å². The second kappa shape index (κ2) is 10.1. The van der Waals surface area contributed by atoms with Crippen LogP contribution in [0, 0.1) is 5.82 Å². The molecule has 0 atom stereocenters. The van der Waals surface area contributed by atoms with E-state index in [0.717, 1.165) is 16.6 Å². The molecule has 0 saturated heterocycles. The van der Waals surface area contributed by atoms with E-state index in [4.69, 9.17) is 18.9 Å². The average molecular weight is 448 g/mol. The van der Waals surface area contributed by atoms with Crippen molar-refractivity contribution in [3.63, 3.8) is 0 Å². The van der Waals surface area contributed by atoms with Crippen molar-refractivity contribution >= 4 is 16.6 Å². The van der Waals surface area contributed by atoms with Gasteiger partial charge in [-0.2, -0.15) is 0 Å². The number of likely N-dealkylation sites (N-methyl/N-ethyl adjacent to an activating group) is 1. The Morgan fingerprint density at radius 3 is 2.18 bits per heavy atom. The second-order valence-electron chi connectivity index (χ2n) is 7.35. The van der Waals surface area contributed by atoms with Gasteiger partial charge in [0.15, 0.2) is 11.5 Å². The number of anilines is 1. The van der Waals surface area contributed by atoms with E-state index in [1.807, 2.05) is 49.5 Å². The lowest BCUT2D eigenvalue weighted by Gasteiger charge is -2.20. The number of nitrogens with zero attached hydrogens (tertiary/aromatic N) is 2. The van der Waals surface area contributed by atoms with Crippen molar-refractivity contribution in [2.45, 2.75) is 0 Å². The van der Waals surface area contributed by atoms with Gasteiger partial charge in [-0.25, -0.2) is 4.39 Å². The number of hydrogen-bond acceptors (Lipinski definition) is 6. The van der Waals surface area contributed by atoms with Gasteiger partial charge in [-0.3, -0.25) is 4.98 Å². The molecule has 3 aromatic carbocycles. The first-order chi connectivity index (χ1) is 16.1. The Balaban J connectivity index is 1.42. The molecule has 7 heteroatoms. The van der Waals surface area contributed by atoms with Crippen LogP contribution in [0.5, 0.6) is 28.7 Å². The molecule has 6 nitrogen and oxygen atoms in total. The number of aromatic nitrogens is 1. The molecule has 4 aromatic rings. The number of ether oxygens (including phenoxy) is 4. The number of fused-ring (bicyclic) bond motifs is 1. The van der Waals surface area contributed by atoms with E-state index in [1.165, 1.54) is 12.1 Å². The zero-order valence-corrected chi connectivity index (χ0v) is 18.7. The van der Waals surface area contributed by atoms with Crippen LogP contribution in [0.1, 0.15) is 0 Å². The summed E-state index contributed by atoms with van der Waals surface area (Å²) in [5.74, 6) is 2.98. The summed E-state index contributed by atoms with van der Waals surface area (Å²) < 4.78 is 35.6. The molecule has 4 rings (SSSR count). The molecule has 0 aliphatic carbocycles. The van der Waals surface area contributed by atoms with Gasteiger partial charge in [0.05, 0.1) is 26.3 Å². The Kier molecular flexibility index (Phi) is 6.78. The van der Waals surface area contributed by atoms with Crippen LogP contribution in [0.3, 0.4) is 0 Å². The van der Waals surface area contributed by atoms with Crippen molar-refractivity contribution in [1.82, 2.24) is 4.98 Å². The lowest BCUT2D eigenvalue weighted by molar-refractivity contribution is 0.325. The first kappa shape index (κ1) is 22.2. The summed E-state index contributed by atoms with van der Waals surface area (Å²) in [5.41, 5.74) is 1.78. The van der Waals surface area contributed by atoms with E-state index in [1.54, 1.807) is 32.5 Å². The van der Waals surface area contributed by atoms with Crippen LogP contribution in [-0.4, -0.2) is 39.4 Å². The maximum Gasteiger partial charge on any atom is 0.162 e. The highest BCUT2D eigenvalue weighted by Gasteiger charge is 2.11. The highest BCUT2D eigenvalue weighted by Crippen LogP contribution is 2.37. The van der Waals surface area contributed by atoms with Crippen LogP contribution in [0.4, 0.5) is 10.1 Å². The highest BCUT2D eigenvalue weighted by molar-refractivity contribution is 5.88. The molecule has 170 valence electrons. The molecule has 0 saturated carbocycles. The number of benzene rings is 3. The van der Waals surface area contributed by atoms with E-state index >= 15 is 0 Å². The molecular formula is C26H25FN2O4. The predicted octanol–water partition coefficient (Wildman–Crippen LogP) is 5.70. The van der Waals surface area contributed by atoms with Gasteiger partial charge in [-0.05, 0) is 60.7 Å². The van der Waals surface area contributed by atoms with Crippen LogP contribution < -0.4 is 23.8 Å². The maximum absolute atomic E-state index is 13.0. The van der Waals surface area contributed by atoms with Crippen molar-refractivity contribution in [3.8, 4) is 28.7 Å². The summed E-state index contributed by atoms with van der Waals surface area (Å²) in [6.45, 7) is 1.16. The SMILES string of the molecule is COc1cc2nccc(Oc3ccc(N(C)CCOc4ccc(F)cc4)cc3)c2cc1OC. The number of methoxy groups -OCH3 is 2. The van der Waals surface area contributed by atoms with Crippen LogP contribution >= 0.6 is 0 Å². The molecule has 0 spiro atoms. The van der Waals surface area contributed by atoms with Gasteiger partial charge in [-0.15, -0.1) is 0 Å². The summed E-state index contributed by atoms with van der Waals surface area (Å²) in [6.07, 6.45) is 1.70. The zero-order valence-electron chi connectivity index (χ0n) is 18.7. The number of halogens is 1. The van der Waals surface area contributed by atoms with Crippen molar-refractivity contribution in [2.24, 2.45) is 0 Å². The fourth-order valence-electron chi connectivity index (χ4n) is 3.39. The van der Waals surface area contributed by atoms with Gasteiger partial charge in [0.25, 0.3) is 0 Å². The Bertz CT molecular complexity index is 1210. The van der Waals surface area contributed by atoms with Gasteiger partial charge >= 0.3 is 0 Å². The summed E-state index contributed by atoms with van der Waals surface area (Å²) in [4.78, 5) is 6.48. The van der Waals surface area contributed by atoms with E-state index in [9.17, 15) is 4.39 Å². The van der Waals surface area contributed by atoms with Gasteiger partial charge in [0.2, 0.25) is 0 Å². The molecule has 0 amide bonds. The summed E-state index contributed by atoms with van der Waals surface area (Å²) in [6, 6.07) is 19.3. The lowest BCUT2D eigenvalue weighted by Crippen LogP contribution is -2.23. The fraction of sp³-hybridized carbons (Fsp3) is 0.192. The zero-order chi connectivity index (χ0) is 23.2. The Hall–Kier alpha value is -4.00. The van der Waals surface area contributed by atoms with Crippen LogP contribution in [0.2, 0.25) is 0 Å². The number of hydrogen-bond donors (Lipinski definition) is 0. The molecule has 33 heavy (non-hydrogen) atoms. The molecule has 1 aromatic heterocycles. The Morgan fingerprint density at radius 2 is 1.48 bits per heavy atom. The highest BCUT2D eigenvalue weighted by atomic mass is 19.1. The van der Waals surface area contributed by atoms with E-state index in [-0.39, 0.29) is 5.82 Å². The molecule has 0 radical (unpaired) electrons. The van der Waals surface area contributed by atoms with Gasteiger partial charge in [-0.1, -0.05) is 0 Å². The number of pyridine rings is 1. The summed E-state index contributed by atoms with van der Waals surface area (Å²) >= 11 is 0. The van der Waals surface area contributed by atoms with Crippen LogP contribution in [0.15, 0.2) is 72.9 Å². The number of rotatable bonds is 9. The molecule has 1 heterocycles. The van der Waals surface area contributed by atoms with Crippen molar-refractivity contribution in [2.75, 3.05) is 39.3 Å². The van der Waals surface area contributed by atoms with E-state index in [2.05, 4.69) is 9.88 Å². The lowest BCUT2D eigenvalue weighted by atomic mass is 10.2. The molecule has 0 unspecified atom stereocenters. The standard InChI is InChI=1S/C26H25FN2O4/c1-29(14-15-32-20-8-4-18(27)5-9-20)19-6-10-21(11-7-19)33-24-12-13-28-23-17-26(31-3)25(30-2)16-22(23)24/h4-13,16-17H,14-15H2,1-3H3. The van der Waals surface area contributed by atoms with Crippen molar-refractivity contribution in [3.05, 3.63) is 78.7 Å². The Labute approximate surface area is 192 Å². The van der Waals surface area contributed by atoms with Gasteiger partial charge < -0.3 is 23.8 Å². The normalized spacial score (nSPS) is 10.7. The summed E-state index contributed by atoms with van der Waals surface area (Å²) in [7, 11) is 5.18. The molecule has 0 aliphatic heterocycles. The largest absolute Gasteiger partial charge is 0.493 e. The minimum absolute atomic E-state index is 0.277. The van der Waals surface area contributed by atoms with Crippen LogP contribution in [0.25, 0.3) is 10.9 Å². The fourth-order valence-corrected chi connectivity index (χ4v) is 3.39. The third-order valence-corrected chi connectivity index (χ3v) is 5.22. The third kappa shape index (κ3) is 5.26. The molecule has 0 bridgehead atoms. The first-order valence-corrected chi connectivity index (χ1v) is 10.5. The minimum atomic E-state index is -0.277. The molecular weight excluding hydrogens is 423 g/mol. The summed E-state index contributed by atoms with van der Waals surface area (Å²) in [5, 5.41) is 0.828.